The molecule has 0 amide bonds. The molecular formula is C9H12N4. The molecule has 0 N–H and O–H groups in total. The number of imidazole rings is 1. The summed E-state index contributed by atoms with van der Waals surface area (Å²) in [5, 5.41) is 4.37. The molecule has 2 aromatic rings. The Bertz CT molecular complexity index is 405. The molecule has 0 atom stereocenters. The molecular weight excluding hydrogens is 164 g/mol. The molecule has 2 rings (SSSR count). The van der Waals surface area contributed by atoms with Gasteiger partial charge in [-0.3, -0.25) is 4.68 Å². The van der Waals surface area contributed by atoms with Crippen molar-refractivity contribution in [1.29, 1.82) is 0 Å². The van der Waals surface area contributed by atoms with Gasteiger partial charge in [0, 0.05) is 19.8 Å². The Morgan fingerprint density at radius 3 is 2.54 bits per heavy atom. The molecule has 4 nitrogen and oxygen atoms in total. The molecule has 0 aromatic carbocycles. The second-order valence-electron chi connectivity index (χ2n) is 3.18. The maximum Gasteiger partial charge on any atom is 0.111 e. The van der Waals surface area contributed by atoms with E-state index in [1.54, 1.807) is 6.33 Å². The Morgan fingerprint density at radius 1 is 1.31 bits per heavy atom. The van der Waals surface area contributed by atoms with Crippen LogP contribution < -0.4 is 0 Å². The quantitative estimate of drug-likeness (QED) is 0.653. The van der Waals surface area contributed by atoms with Crippen LogP contribution in [0.3, 0.4) is 0 Å². The highest BCUT2D eigenvalue weighted by Crippen LogP contribution is 2.16. The van der Waals surface area contributed by atoms with Crippen molar-refractivity contribution in [3.8, 4) is 11.4 Å². The average Bonchev–Trinajstić information content (AvgIpc) is 2.60. The molecule has 0 spiro atoms. The molecule has 0 fully saturated rings. The van der Waals surface area contributed by atoms with Crippen LogP contribution in [0.25, 0.3) is 11.4 Å². The summed E-state index contributed by atoms with van der Waals surface area (Å²) in [5.74, 6) is 0. The minimum Gasteiger partial charge on any atom is -0.332 e. The lowest BCUT2D eigenvalue weighted by atomic mass is 10.3. The summed E-state index contributed by atoms with van der Waals surface area (Å²) in [6.07, 6.45) is 3.60. The molecule has 0 unspecified atom stereocenters. The third-order valence-electron chi connectivity index (χ3n) is 2.19. The third-order valence-corrected chi connectivity index (χ3v) is 2.19. The fourth-order valence-corrected chi connectivity index (χ4v) is 1.29. The molecule has 0 aliphatic heterocycles. The van der Waals surface area contributed by atoms with Crippen molar-refractivity contribution >= 4 is 0 Å². The first kappa shape index (κ1) is 8.04. The van der Waals surface area contributed by atoms with Crippen LogP contribution >= 0.6 is 0 Å². The molecule has 0 aliphatic carbocycles. The van der Waals surface area contributed by atoms with E-state index in [0.29, 0.717) is 0 Å². The summed E-state index contributed by atoms with van der Waals surface area (Å²) in [4.78, 5) is 4.05. The highest BCUT2D eigenvalue weighted by Gasteiger charge is 2.06. The smallest absolute Gasteiger partial charge is 0.111 e. The third kappa shape index (κ3) is 1.24. The Morgan fingerprint density at radius 2 is 2.08 bits per heavy atom. The maximum atomic E-state index is 4.37. The van der Waals surface area contributed by atoms with E-state index < -0.39 is 0 Å². The van der Waals surface area contributed by atoms with Gasteiger partial charge >= 0.3 is 0 Å². The molecule has 4 heteroatoms. The van der Waals surface area contributed by atoms with Crippen molar-refractivity contribution in [3.63, 3.8) is 0 Å². The van der Waals surface area contributed by atoms with Crippen LogP contribution in [0.15, 0.2) is 18.6 Å². The van der Waals surface area contributed by atoms with E-state index >= 15 is 0 Å². The Labute approximate surface area is 76.8 Å². The van der Waals surface area contributed by atoms with Gasteiger partial charge in [0.25, 0.3) is 0 Å². The molecule has 0 radical (unpaired) electrons. The van der Waals surface area contributed by atoms with Gasteiger partial charge < -0.3 is 4.57 Å². The van der Waals surface area contributed by atoms with E-state index in [2.05, 4.69) is 16.1 Å². The molecule has 2 heterocycles. The minimum absolute atomic E-state index is 0.972. The summed E-state index contributed by atoms with van der Waals surface area (Å²) in [6, 6.07) is 2.05. The number of aryl methyl sites for hydroxylation is 3. The summed E-state index contributed by atoms with van der Waals surface area (Å²) < 4.78 is 3.82. The van der Waals surface area contributed by atoms with Gasteiger partial charge in [0.2, 0.25) is 0 Å². The SMILES string of the molecule is Cc1cc(-c2cncn2C)nn1C. The second-order valence-corrected chi connectivity index (χ2v) is 3.18. The zero-order chi connectivity index (χ0) is 9.42. The lowest BCUT2D eigenvalue weighted by Gasteiger charge is -1.95. The van der Waals surface area contributed by atoms with Crippen LogP contribution in [0.5, 0.6) is 0 Å². The number of aromatic nitrogens is 4. The fourth-order valence-electron chi connectivity index (χ4n) is 1.29. The zero-order valence-electron chi connectivity index (χ0n) is 8.02. The van der Waals surface area contributed by atoms with Gasteiger partial charge in [-0.2, -0.15) is 5.10 Å². The van der Waals surface area contributed by atoms with E-state index in [1.807, 2.05) is 36.5 Å². The Hall–Kier alpha value is -1.58. The van der Waals surface area contributed by atoms with Crippen molar-refractivity contribution in [2.24, 2.45) is 14.1 Å². The standard InChI is InChI=1S/C9H12N4/c1-7-4-8(11-13(7)3)9-5-10-6-12(9)2/h4-6H,1-3H3. The summed E-state index contributed by atoms with van der Waals surface area (Å²) in [6.45, 7) is 2.03. The van der Waals surface area contributed by atoms with Crippen molar-refractivity contribution < 1.29 is 0 Å². The number of rotatable bonds is 1. The molecule has 0 saturated heterocycles. The first-order valence-electron chi connectivity index (χ1n) is 4.16. The lowest BCUT2D eigenvalue weighted by molar-refractivity contribution is 0.740. The van der Waals surface area contributed by atoms with E-state index in [9.17, 15) is 0 Å². The van der Waals surface area contributed by atoms with Gasteiger partial charge in [0.05, 0.1) is 18.2 Å². The van der Waals surface area contributed by atoms with E-state index in [4.69, 9.17) is 0 Å². The van der Waals surface area contributed by atoms with Crippen LogP contribution in [0, 0.1) is 6.92 Å². The van der Waals surface area contributed by atoms with Crippen molar-refractivity contribution in [2.45, 2.75) is 6.92 Å². The largest absolute Gasteiger partial charge is 0.332 e. The normalized spacial score (nSPS) is 10.7. The van der Waals surface area contributed by atoms with Gasteiger partial charge in [0.15, 0.2) is 0 Å². The topological polar surface area (TPSA) is 35.6 Å². The molecule has 2 aromatic heterocycles. The zero-order valence-corrected chi connectivity index (χ0v) is 8.02. The summed E-state index contributed by atoms with van der Waals surface area (Å²) in [5.41, 5.74) is 3.17. The van der Waals surface area contributed by atoms with Gasteiger partial charge in [-0.05, 0) is 13.0 Å². The molecule has 0 saturated carbocycles. The van der Waals surface area contributed by atoms with Crippen molar-refractivity contribution in [3.05, 3.63) is 24.3 Å². The highest BCUT2D eigenvalue weighted by atomic mass is 15.3. The Balaban J connectivity index is 2.53. The fraction of sp³-hybridized carbons (Fsp3) is 0.333. The summed E-state index contributed by atoms with van der Waals surface area (Å²) >= 11 is 0. The average molecular weight is 176 g/mol. The number of hydrogen-bond donors (Lipinski definition) is 0. The number of nitrogens with zero attached hydrogens (tertiary/aromatic N) is 4. The number of hydrogen-bond acceptors (Lipinski definition) is 2. The minimum atomic E-state index is 0.972. The van der Waals surface area contributed by atoms with Gasteiger partial charge in [0.1, 0.15) is 5.69 Å². The highest BCUT2D eigenvalue weighted by molar-refractivity contribution is 5.53. The van der Waals surface area contributed by atoms with E-state index in [1.165, 1.54) is 0 Å². The van der Waals surface area contributed by atoms with Gasteiger partial charge in [-0.25, -0.2) is 4.98 Å². The lowest BCUT2D eigenvalue weighted by Crippen LogP contribution is -1.94. The van der Waals surface area contributed by atoms with Crippen LogP contribution in [0.4, 0.5) is 0 Å². The van der Waals surface area contributed by atoms with Crippen molar-refractivity contribution in [1.82, 2.24) is 19.3 Å². The maximum absolute atomic E-state index is 4.37. The predicted octanol–water partition coefficient (Wildman–Crippen LogP) is 1.13. The predicted molar refractivity (Wildman–Crippen MR) is 50.1 cm³/mol. The monoisotopic (exact) mass is 176 g/mol. The second kappa shape index (κ2) is 2.73. The van der Waals surface area contributed by atoms with Gasteiger partial charge in [-0.1, -0.05) is 0 Å². The van der Waals surface area contributed by atoms with E-state index in [0.717, 1.165) is 17.1 Å². The van der Waals surface area contributed by atoms with E-state index in [-0.39, 0.29) is 0 Å². The van der Waals surface area contributed by atoms with Crippen molar-refractivity contribution in [2.75, 3.05) is 0 Å². The molecule has 13 heavy (non-hydrogen) atoms. The molecule has 0 aliphatic rings. The van der Waals surface area contributed by atoms with Crippen LogP contribution in [-0.2, 0) is 14.1 Å². The van der Waals surface area contributed by atoms with Crippen LogP contribution in [0.1, 0.15) is 5.69 Å². The first-order chi connectivity index (χ1) is 6.18. The van der Waals surface area contributed by atoms with Crippen LogP contribution in [-0.4, -0.2) is 19.3 Å². The molecule has 68 valence electrons. The molecule has 0 bridgehead atoms. The van der Waals surface area contributed by atoms with Gasteiger partial charge in [-0.15, -0.1) is 0 Å². The Kier molecular flexibility index (Phi) is 1.69. The summed E-state index contributed by atoms with van der Waals surface area (Å²) in [7, 11) is 3.90. The van der Waals surface area contributed by atoms with Crippen LogP contribution in [0.2, 0.25) is 0 Å². The first-order valence-corrected chi connectivity index (χ1v) is 4.16.